The topological polar surface area (TPSA) is 61.4 Å². The average Bonchev–Trinajstić information content (AvgIpc) is 2.46. The van der Waals surface area contributed by atoms with Crippen LogP contribution in [0.1, 0.15) is 31.9 Å². The maximum atomic E-state index is 11.9. The molecule has 0 aliphatic heterocycles. The summed E-state index contributed by atoms with van der Waals surface area (Å²) < 4.78 is 1.02. The average molecular weight is 356 g/mol. The molecular formula is C15H22BrN3O2. The molecule has 0 fully saturated rings. The second kappa shape index (κ2) is 8.79. The minimum atomic E-state index is -0.481. The molecule has 6 heteroatoms. The number of halogens is 1. The maximum absolute atomic E-state index is 11.9. The molecule has 0 aliphatic carbocycles. The molecule has 21 heavy (non-hydrogen) atoms. The van der Waals surface area contributed by atoms with E-state index < -0.39 is 6.03 Å². The molecule has 0 aromatic heterocycles. The Morgan fingerprint density at radius 1 is 1.33 bits per heavy atom. The Hall–Kier alpha value is -1.40. The molecule has 3 amide bonds. The molecule has 1 aromatic carbocycles. The third kappa shape index (κ3) is 5.47. The Labute approximate surface area is 134 Å². The van der Waals surface area contributed by atoms with Crippen LogP contribution >= 0.6 is 15.9 Å². The zero-order valence-electron chi connectivity index (χ0n) is 12.6. The van der Waals surface area contributed by atoms with Crippen molar-refractivity contribution in [3.8, 4) is 0 Å². The molecule has 1 aromatic rings. The van der Waals surface area contributed by atoms with E-state index in [0.717, 1.165) is 23.0 Å². The van der Waals surface area contributed by atoms with Crippen LogP contribution in [0, 0.1) is 0 Å². The van der Waals surface area contributed by atoms with E-state index in [4.69, 9.17) is 0 Å². The predicted octanol–water partition coefficient (Wildman–Crippen LogP) is 2.68. The molecule has 0 radical (unpaired) electrons. The number of amides is 3. The van der Waals surface area contributed by atoms with E-state index in [0.29, 0.717) is 0 Å². The van der Waals surface area contributed by atoms with Gasteiger partial charge in [-0.05, 0) is 31.5 Å². The molecule has 0 spiro atoms. The molecule has 0 aliphatic rings. The Bertz CT molecular complexity index is 494. The van der Waals surface area contributed by atoms with Gasteiger partial charge in [0.15, 0.2) is 0 Å². The summed E-state index contributed by atoms with van der Waals surface area (Å²) in [5.41, 5.74) is 1.12. The van der Waals surface area contributed by atoms with Gasteiger partial charge in [-0.25, -0.2) is 4.79 Å². The first-order chi connectivity index (χ1) is 9.99. The number of carbonyl (C=O) groups is 2. The number of urea groups is 1. The summed E-state index contributed by atoms with van der Waals surface area (Å²) in [6.07, 6.45) is 0.933. The number of carbonyl (C=O) groups excluding carboxylic acids is 2. The molecule has 0 saturated heterocycles. The first-order valence-electron chi connectivity index (χ1n) is 6.99. The van der Waals surface area contributed by atoms with E-state index in [9.17, 15) is 9.59 Å². The number of benzene rings is 1. The zero-order chi connectivity index (χ0) is 15.8. The third-order valence-corrected chi connectivity index (χ3v) is 3.96. The summed E-state index contributed by atoms with van der Waals surface area (Å²) in [6, 6.07) is 7.56. The monoisotopic (exact) mass is 355 g/mol. The highest BCUT2D eigenvalue weighted by Crippen LogP contribution is 2.27. The van der Waals surface area contributed by atoms with Crippen LogP contribution in [0.2, 0.25) is 0 Å². The Morgan fingerprint density at radius 3 is 2.57 bits per heavy atom. The molecule has 2 N–H and O–H groups in total. The van der Waals surface area contributed by atoms with Gasteiger partial charge in [0.25, 0.3) is 0 Å². The number of hydrogen-bond donors (Lipinski definition) is 2. The number of rotatable bonds is 6. The van der Waals surface area contributed by atoms with E-state index in [2.05, 4.69) is 45.3 Å². The zero-order valence-corrected chi connectivity index (χ0v) is 14.2. The second-order valence-corrected chi connectivity index (χ2v) is 5.65. The molecule has 0 unspecified atom stereocenters. The smallest absolute Gasteiger partial charge is 0.321 e. The van der Waals surface area contributed by atoms with Gasteiger partial charge in [-0.3, -0.25) is 15.0 Å². The molecule has 116 valence electrons. The van der Waals surface area contributed by atoms with Crippen LogP contribution in [0.4, 0.5) is 4.79 Å². The molecular weight excluding hydrogens is 334 g/mol. The highest BCUT2D eigenvalue weighted by atomic mass is 79.9. The van der Waals surface area contributed by atoms with Crippen molar-refractivity contribution in [2.24, 2.45) is 0 Å². The molecule has 0 saturated carbocycles. The molecule has 0 heterocycles. The summed E-state index contributed by atoms with van der Waals surface area (Å²) in [5.74, 6) is -0.304. The largest absolute Gasteiger partial charge is 0.341 e. The van der Waals surface area contributed by atoms with Gasteiger partial charge in [-0.2, -0.15) is 0 Å². The maximum Gasteiger partial charge on any atom is 0.321 e. The lowest BCUT2D eigenvalue weighted by Crippen LogP contribution is -2.44. The van der Waals surface area contributed by atoms with Crippen LogP contribution in [0.5, 0.6) is 0 Å². The fraction of sp³-hybridized carbons (Fsp3) is 0.467. The second-order valence-electron chi connectivity index (χ2n) is 4.80. The van der Waals surface area contributed by atoms with Crippen molar-refractivity contribution in [3.05, 3.63) is 34.3 Å². The first kappa shape index (κ1) is 17.7. The SMILES string of the molecule is CCCN(CC(=O)NC(=O)NC)[C@@H](C)c1ccccc1Br. The highest BCUT2D eigenvalue weighted by Gasteiger charge is 2.20. The summed E-state index contributed by atoms with van der Waals surface area (Å²) in [6.45, 7) is 5.09. The fourth-order valence-corrected chi connectivity index (χ4v) is 2.74. The van der Waals surface area contributed by atoms with Gasteiger partial charge in [0.1, 0.15) is 0 Å². The lowest BCUT2D eigenvalue weighted by atomic mass is 10.1. The van der Waals surface area contributed by atoms with Crippen molar-refractivity contribution >= 4 is 27.9 Å². The van der Waals surface area contributed by atoms with Crippen LogP contribution in [0.3, 0.4) is 0 Å². The van der Waals surface area contributed by atoms with Gasteiger partial charge < -0.3 is 5.32 Å². The molecule has 1 rings (SSSR count). The van der Waals surface area contributed by atoms with Crippen molar-refractivity contribution in [2.75, 3.05) is 20.1 Å². The number of nitrogens with zero attached hydrogens (tertiary/aromatic N) is 1. The highest BCUT2D eigenvalue weighted by molar-refractivity contribution is 9.10. The van der Waals surface area contributed by atoms with E-state index in [-0.39, 0.29) is 18.5 Å². The summed E-state index contributed by atoms with van der Waals surface area (Å²) in [7, 11) is 1.48. The van der Waals surface area contributed by atoms with E-state index in [1.807, 2.05) is 24.3 Å². The summed E-state index contributed by atoms with van der Waals surface area (Å²) in [5, 5.41) is 4.67. The van der Waals surface area contributed by atoms with Crippen molar-refractivity contribution in [1.29, 1.82) is 0 Å². The number of imide groups is 1. The minimum absolute atomic E-state index is 0.0796. The normalized spacial score (nSPS) is 12.0. The van der Waals surface area contributed by atoms with Gasteiger partial charge >= 0.3 is 6.03 Å². The van der Waals surface area contributed by atoms with E-state index in [1.165, 1.54) is 7.05 Å². The molecule has 1 atom stereocenters. The van der Waals surface area contributed by atoms with E-state index >= 15 is 0 Å². The first-order valence-corrected chi connectivity index (χ1v) is 7.78. The molecule has 5 nitrogen and oxygen atoms in total. The van der Waals surface area contributed by atoms with Crippen LogP contribution < -0.4 is 10.6 Å². The van der Waals surface area contributed by atoms with Crippen molar-refractivity contribution in [1.82, 2.24) is 15.5 Å². The van der Waals surface area contributed by atoms with Crippen molar-refractivity contribution < 1.29 is 9.59 Å². The van der Waals surface area contributed by atoms with Gasteiger partial charge in [0.2, 0.25) is 5.91 Å². The van der Waals surface area contributed by atoms with Crippen LogP contribution in [0.15, 0.2) is 28.7 Å². The van der Waals surface area contributed by atoms with Gasteiger partial charge in [-0.1, -0.05) is 41.1 Å². The lowest BCUT2D eigenvalue weighted by molar-refractivity contribution is -0.121. The van der Waals surface area contributed by atoms with Crippen LogP contribution in [-0.4, -0.2) is 37.0 Å². The quantitative estimate of drug-likeness (QED) is 0.824. The Kier molecular flexibility index (Phi) is 7.39. The van der Waals surface area contributed by atoms with Gasteiger partial charge in [0.05, 0.1) is 6.54 Å². The standard InChI is InChI=1S/C15H22BrN3O2/c1-4-9-19(10-14(20)18-15(21)17-3)11(2)12-7-5-6-8-13(12)16/h5-8,11H,4,9-10H2,1-3H3,(H2,17,18,20,21)/t11-/m0/s1. The van der Waals surface area contributed by atoms with Crippen LogP contribution in [0.25, 0.3) is 0 Å². The third-order valence-electron chi connectivity index (χ3n) is 3.24. The summed E-state index contributed by atoms with van der Waals surface area (Å²) >= 11 is 3.54. The van der Waals surface area contributed by atoms with Crippen LogP contribution in [-0.2, 0) is 4.79 Å². The fourth-order valence-electron chi connectivity index (χ4n) is 2.12. The predicted molar refractivity (Wildman–Crippen MR) is 87.0 cm³/mol. The number of hydrogen-bond acceptors (Lipinski definition) is 3. The lowest BCUT2D eigenvalue weighted by Gasteiger charge is -2.29. The van der Waals surface area contributed by atoms with Crippen molar-refractivity contribution in [3.63, 3.8) is 0 Å². The number of nitrogens with one attached hydrogen (secondary N) is 2. The van der Waals surface area contributed by atoms with E-state index in [1.54, 1.807) is 0 Å². The Morgan fingerprint density at radius 2 is 2.00 bits per heavy atom. The van der Waals surface area contributed by atoms with Crippen molar-refractivity contribution in [2.45, 2.75) is 26.3 Å². The van der Waals surface area contributed by atoms with Gasteiger partial charge in [-0.15, -0.1) is 0 Å². The minimum Gasteiger partial charge on any atom is -0.341 e. The molecule has 0 bridgehead atoms. The summed E-state index contributed by atoms with van der Waals surface area (Å²) in [4.78, 5) is 25.1. The van der Waals surface area contributed by atoms with Gasteiger partial charge in [0, 0.05) is 17.6 Å². The Balaban J connectivity index is 2.79.